The molecule has 0 fully saturated rings. The average Bonchev–Trinajstić information content (AvgIpc) is 2.37. The van der Waals surface area contributed by atoms with Gasteiger partial charge in [-0.1, -0.05) is 18.2 Å². The largest absolute Gasteiger partial charge is 0.492 e. The first-order chi connectivity index (χ1) is 9.46. The van der Waals surface area contributed by atoms with Gasteiger partial charge < -0.3 is 15.6 Å². The van der Waals surface area contributed by atoms with Crippen molar-refractivity contribution >= 4 is 0 Å². The molecule has 1 rings (SSSR count). The van der Waals surface area contributed by atoms with Crippen molar-refractivity contribution in [2.75, 3.05) is 32.8 Å². The maximum Gasteiger partial charge on any atom is 0.401 e. The molecule has 3 N–H and O–H groups in total. The number of aliphatic hydroxyl groups excluding tert-OH is 1. The molecule has 1 aromatic carbocycles. The van der Waals surface area contributed by atoms with Crippen LogP contribution in [0.3, 0.4) is 0 Å². The Morgan fingerprint density at radius 2 is 1.90 bits per heavy atom. The molecule has 0 aliphatic heterocycles. The van der Waals surface area contributed by atoms with Crippen LogP contribution < -0.4 is 10.5 Å². The van der Waals surface area contributed by atoms with Crippen molar-refractivity contribution in [2.45, 2.75) is 12.7 Å². The van der Waals surface area contributed by atoms with E-state index in [9.17, 15) is 13.2 Å². The van der Waals surface area contributed by atoms with Gasteiger partial charge in [-0.3, -0.25) is 4.90 Å². The molecule has 0 saturated heterocycles. The molecule has 0 atom stereocenters. The Kier molecular flexibility index (Phi) is 6.77. The lowest BCUT2D eigenvalue weighted by Gasteiger charge is -2.22. The predicted molar refractivity (Wildman–Crippen MR) is 69.4 cm³/mol. The van der Waals surface area contributed by atoms with Crippen LogP contribution in [-0.4, -0.2) is 49.0 Å². The van der Waals surface area contributed by atoms with E-state index in [4.69, 9.17) is 15.6 Å². The van der Waals surface area contributed by atoms with Crippen molar-refractivity contribution in [2.24, 2.45) is 5.73 Å². The monoisotopic (exact) mass is 292 g/mol. The van der Waals surface area contributed by atoms with E-state index in [2.05, 4.69) is 0 Å². The maximum atomic E-state index is 12.3. The van der Waals surface area contributed by atoms with E-state index < -0.39 is 12.7 Å². The van der Waals surface area contributed by atoms with Crippen LogP contribution in [0.2, 0.25) is 0 Å². The number of hydrogen-bond acceptors (Lipinski definition) is 4. The number of rotatable bonds is 8. The van der Waals surface area contributed by atoms with Gasteiger partial charge in [0.1, 0.15) is 12.4 Å². The van der Waals surface area contributed by atoms with Gasteiger partial charge in [-0.2, -0.15) is 13.2 Å². The zero-order chi connectivity index (χ0) is 15.0. The lowest BCUT2D eigenvalue weighted by Crippen LogP contribution is -2.38. The fourth-order valence-corrected chi connectivity index (χ4v) is 1.76. The van der Waals surface area contributed by atoms with Crippen LogP contribution in [-0.2, 0) is 6.54 Å². The number of nitrogens with zero attached hydrogens (tertiary/aromatic N) is 1. The van der Waals surface area contributed by atoms with E-state index in [1.165, 1.54) is 0 Å². The topological polar surface area (TPSA) is 58.7 Å². The van der Waals surface area contributed by atoms with Gasteiger partial charge in [-0.15, -0.1) is 0 Å². The molecule has 0 aliphatic rings. The van der Waals surface area contributed by atoms with Gasteiger partial charge in [0.25, 0.3) is 0 Å². The summed E-state index contributed by atoms with van der Waals surface area (Å²) in [5, 5.41) is 8.77. The Morgan fingerprint density at radius 3 is 2.50 bits per heavy atom. The van der Waals surface area contributed by atoms with Gasteiger partial charge in [0.2, 0.25) is 0 Å². The number of alkyl halides is 3. The molecule has 0 heterocycles. The molecule has 0 radical (unpaired) electrons. The predicted octanol–water partition coefficient (Wildman–Crippen LogP) is 1.38. The fraction of sp³-hybridized carbons (Fsp3) is 0.538. The summed E-state index contributed by atoms with van der Waals surface area (Å²) in [7, 11) is 0. The quantitative estimate of drug-likeness (QED) is 0.760. The first kappa shape index (κ1) is 16.7. The summed E-state index contributed by atoms with van der Waals surface area (Å²) in [5.74, 6) is 0.575. The first-order valence-electron chi connectivity index (χ1n) is 6.27. The maximum absolute atomic E-state index is 12.3. The van der Waals surface area contributed by atoms with Gasteiger partial charge in [0, 0.05) is 25.2 Å². The van der Waals surface area contributed by atoms with E-state index >= 15 is 0 Å². The molecule has 7 heteroatoms. The molecule has 114 valence electrons. The van der Waals surface area contributed by atoms with Gasteiger partial charge in [-0.05, 0) is 6.07 Å². The van der Waals surface area contributed by atoms with Crippen LogP contribution in [0.5, 0.6) is 5.75 Å². The Morgan fingerprint density at radius 1 is 1.20 bits per heavy atom. The summed E-state index contributed by atoms with van der Waals surface area (Å²) in [6, 6.07) is 7.12. The molecule has 0 bridgehead atoms. The van der Waals surface area contributed by atoms with Gasteiger partial charge in [0.05, 0.1) is 13.2 Å². The number of halogens is 3. The summed E-state index contributed by atoms with van der Waals surface area (Å²) in [6.07, 6.45) is -4.29. The van der Waals surface area contributed by atoms with Crippen molar-refractivity contribution in [3.05, 3.63) is 29.8 Å². The average molecular weight is 292 g/mol. The lowest BCUT2D eigenvalue weighted by atomic mass is 10.2. The van der Waals surface area contributed by atoms with E-state index in [1.807, 2.05) is 6.07 Å². The van der Waals surface area contributed by atoms with Gasteiger partial charge in [-0.25, -0.2) is 0 Å². The zero-order valence-electron chi connectivity index (χ0n) is 11.1. The highest BCUT2D eigenvalue weighted by atomic mass is 19.4. The molecule has 0 spiro atoms. The third-order valence-electron chi connectivity index (χ3n) is 2.68. The Balaban J connectivity index is 2.47. The van der Waals surface area contributed by atoms with Crippen LogP contribution in [0.4, 0.5) is 13.2 Å². The van der Waals surface area contributed by atoms with Crippen LogP contribution in [0, 0.1) is 0 Å². The van der Waals surface area contributed by atoms with Crippen LogP contribution in [0.1, 0.15) is 5.56 Å². The second kappa shape index (κ2) is 8.08. The number of para-hydroxylation sites is 1. The van der Waals surface area contributed by atoms with Crippen LogP contribution in [0.15, 0.2) is 24.3 Å². The van der Waals surface area contributed by atoms with E-state index in [-0.39, 0.29) is 26.3 Å². The van der Waals surface area contributed by atoms with Crippen molar-refractivity contribution < 1.29 is 23.0 Å². The van der Waals surface area contributed by atoms with E-state index in [0.29, 0.717) is 12.3 Å². The van der Waals surface area contributed by atoms with Crippen molar-refractivity contribution in [3.63, 3.8) is 0 Å². The minimum Gasteiger partial charge on any atom is -0.492 e. The van der Waals surface area contributed by atoms with Gasteiger partial charge in [0.15, 0.2) is 0 Å². The minimum absolute atomic E-state index is 0.0403. The molecule has 0 saturated carbocycles. The Hall–Kier alpha value is -1.31. The van der Waals surface area contributed by atoms with Crippen LogP contribution in [0.25, 0.3) is 0 Å². The molecule has 1 aromatic rings. The highest BCUT2D eigenvalue weighted by molar-refractivity contribution is 5.32. The minimum atomic E-state index is -4.29. The second-order valence-corrected chi connectivity index (χ2v) is 4.28. The lowest BCUT2D eigenvalue weighted by molar-refractivity contribution is -0.147. The number of aliphatic hydroxyl groups is 1. The number of nitrogens with two attached hydrogens (primary N) is 1. The summed E-state index contributed by atoms with van der Waals surface area (Å²) < 4.78 is 42.4. The zero-order valence-corrected chi connectivity index (χ0v) is 11.1. The Labute approximate surface area is 115 Å². The smallest absolute Gasteiger partial charge is 0.401 e. The SMILES string of the molecule is NCc1ccccc1OCCN(CCO)CC(F)(F)F. The molecular formula is C13H19F3N2O2. The first-order valence-corrected chi connectivity index (χ1v) is 6.27. The highest BCUT2D eigenvalue weighted by Crippen LogP contribution is 2.18. The highest BCUT2D eigenvalue weighted by Gasteiger charge is 2.30. The summed E-state index contributed by atoms with van der Waals surface area (Å²) in [6.45, 7) is -0.933. The standard InChI is InChI=1S/C13H19F3N2O2/c14-13(15,16)10-18(5-7-19)6-8-20-12-4-2-1-3-11(12)9-17/h1-4,19H,5-10,17H2. The molecular weight excluding hydrogens is 273 g/mol. The molecule has 20 heavy (non-hydrogen) atoms. The third-order valence-corrected chi connectivity index (χ3v) is 2.68. The summed E-state index contributed by atoms with van der Waals surface area (Å²) >= 11 is 0. The molecule has 0 aromatic heterocycles. The number of ether oxygens (including phenoxy) is 1. The van der Waals surface area contributed by atoms with E-state index in [0.717, 1.165) is 10.5 Å². The second-order valence-electron chi connectivity index (χ2n) is 4.28. The number of benzene rings is 1. The van der Waals surface area contributed by atoms with Gasteiger partial charge >= 0.3 is 6.18 Å². The molecule has 0 unspecified atom stereocenters. The van der Waals surface area contributed by atoms with Crippen molar-refractivity contribution in [3.8, 4) is 5.75 Å². The number of hydrogen-bond donors (Lipinski definition) is 2. The molecule has 0 aliphatic carbocycles. The van der Waals surface area contributed by atoms with Crippen molar-refractivity contribution in [1.82, 2.24) is 4.90 Å². The van der Waals surface area contributed by atoms with Crippen molar-refractivity contribution in [1.29, 1.82) is 0 Å². The van der Waals surface area contributed by atoms with E-state index in [1.54, 1.807) is 18.2 Å². The molecule has 4 nitrogen and oxygen atoms in total. The Bertz CT molecular complexity index is 399. The summed E-state index contributed by atoms with van der Waals surface area (Å²) in [5.41, 5.74) is 6.34. The third kappa shape index (κ3) is 6.23. The fourth-order valence-electron chi connectivity index (χ4n) is 1.76. The normalized spacial score (nSPS) is 11.9. The molecule has 0 amide bonds. The van der Waals surface area contributed by atoms with Crippen LogP contribution >= 0.6 is 0 Å². The summed E-state index contributed by atoms with van der Waals surface area (Å²) in [4.78, 5) is 1.10.